The molecule has 2 heterocycles. The quantitative estimate of drug-likeness (QED) is 0.851. The summed E-state index contributed by atoms with van der Waals surface area (Å²) in [7, 11) is 0. The average Bonchev–Trinajstić information content (AvgIpc) is 2.87. The van der Waals surface area contributed by atoms with Crippen molar-refractivity contribution < 1.29 is 4.79 Å². The number of rotatable bonds is 4. The lowest BCUT2D eigenvalue weighted by molar-refractivity contribution is -0.132. The third-order valence-corrected chi connectivity index (χ3v) is 5.39. The molecule has 3 nitrogen and oxygen atoms in total. The van der Waals surface area contributed by atoms with Crippen LogP contribution < -0.4 is 0 Å². The van der Waals surface area contributed by atoms with Crippen LogP contribution in [0.25, 0.3) is 0 Å². The number of hydrogen-bond acceptors (Lipinski definition) is 2. The molecule has 0 spiro atoms. The molecule has 0 saturated carbocycles. The Morgan fingerprint density at radius 1 is 0.913 bits per heavy atom. The molecule has 1 amide bonds. The van der Waals surface area contributed by atoms with Crippen molar-refractivity contribution in [2.45, 2.75) is 44.9 Å². The molecular formula is C20H30N2O. The first-order valence-corrected chi connectivity index (χ1v) is 9.35. The van der Waals surface area contributed by atoms with E-state index in [1.165, 1.54) is 50.5 Å². The van der Waals surface area contributed by atoms with Crippen molar-refractivity contribution in [3.8, 4) is 0 Å². The molecule has 126 valence electrons. The van der Waals surface area contributed by atoms with Crippen LogP contribution in [0.15, 0.2) is 30.3 Å². The van der Waals surface area contributed by atoms with Crippen molar-refractivity contribution in [2.24, 2.45) is 5.92 Å². The Morgan fingerprint density at radius 2 is 1.57 bits per heavy atom. The largest absolute Gasteiger partial charge is 0.342 e. The summed E-state index contributed by atoms with van der Waals surface area (Å²) in [6, 6.07) is 10.8. The summed E-state index contributed by atoms with van der Waals surface area (Å²) in [5, 5.41) is 0. The SMILES string of the molecule is O=C(CN1CCC(Cc2ccccc2)CC1)N1CCCCCC1. The van der Waals surface area contributed by atoms with Gasteiger partial charge in [-0.2, -0.15) is 0 Å². The summed E-state index contributed by atoms with van der Waals surface area (Å²) in [6.07, 6.45) is 8.58. The highest BCUT2D eigenvalue weighted by atomic mass is 16.2. The van der Waals surface area contributed by atoms with Gasteiger partial charge in [0.25, 0.3) is 0 Å². The predicted molar refractivity (Wildman–Crippen MR) is 94.4 cm³/mol. The van der Waals surface area contributed by atoms with Crippen LogP contribution in [0.4, 0.5) is 0 Å². The summed E-state index contributed by atoms with van der Waals surface area (Å²) >= 11 is 0. The van der Waals surface area contributed by atoms with Crippen molar-refractivity contribution >= 4 is 5.91 Å². The molecule has 2 aliphatic heterocycles. The minimum Gasteiger partial charge on any atom is -0.342 e. The van der Waals surface area contributed by atoms with Gasteiger partial charge in [-0.3, -0.25) is 9.69 Å². The summed E-state index contributed by atoms with van der Waals surface area (Å²) in [5.74, 6) is 1.13. The Balaban J connectivity index is 1.41. The van der Waals surface area contributed by atoms with Crippen LogP contribution in [0, 0.1) is 5.92 Å². The Kier molecular flexibility index (Phi) is 6.09. The summed E-state index contributed by atoms with van der Waals surface area (Å²) < 4.78 is 0. The van der Waals surface area contributed by atoms with Crippen LogP contribution in [0.2, 0.25) is 0 Å². The van der Waals surface area contributed by atoms with Crippen molar-refractivity contribution in [2.75, 3.05) is 32.7 Å². The first kappa shape index (κ1) is 16.5. The van der Waals surface area contributed by atoms with E-state index in [-0.39, 0.29) is 0 Å². The lowest BCUT2D eigenvalue weighted by Gasteiger charge is -2.33. The van der Waals surface area contributed by atoms with Crippen molar-refractivity contribution in [3.05, 3.63) is 35.9 Å². The van der Waals surface area contributed by atoms with E-state index in [0.717, 1.165) is 32.1 Å². The van der Waals surface area contributed by atoms with Crippen LogP contribution in [-0.4, -0.2) is 48.4 Å². The van der Waals surface area contributed by atoms with E-state index in [1.807, 2.05) is 0 Å². The summed E-state index contributed by atoms with van der Waals surface area (Å²) in [4.78, 5) is 16.9. The van der Waals surface area contributed by atoms with E-state index in [1.54, 1.807) is 0 Å². The van der Waals surface area contributed by atoms with Gasteiger partial charge in [0.2, 0.25) is 5.91 Å². The molecule has 0 aromatic heterocycles. The van der Waals surface area contributed by atoms with Gasteiger partial charge in [-0.1, -0.05) is 43.2 Å². The number of carbonyl (C=O) groups is 1. The zero-order valence-corrected chi connectivity index (χ0v) is 14.3. The zero-order chi connectivity index (χ0) is 15.9. The Hall–Kier alpha value is -1.35. The van der Waals surface area contributed by atoms with E-state index in [9.17, 15) is 4.79 Å². The molecule has 0 atom stereocenters. The van der Waals surface area contributed by atoms with Crippen molar-refractivity contribution in [3.63, 3.8) is 0 Å². The highest BCUT2D eigenvalue weighted by Gasteiger charge is 2.23. The minimum atomic E-state index is 0.355. The third-order valence-electron chi connectivity index (χ3n) is 5.39. The molecule has 2 aliphatic rings. The van der Waals surface area contributed by atoms with E-state index in [0.29, 0.717) is 12.5 Å². The monoisotopic (exact) mass is 314 g/mol. The second-order valence-electron chi connectivity index (χ2n) is 7.20. The fraction of sp³-hybridized carbons (Fsp3) is 0.650. The van der Waals surface area contributed by atoms with Crippen LogP contribution >= 0.6 is 0 Å². The second-order valence-corrected chi connectivity index (χ2v) is 7.20. The summed E-state index contributed by atoms with van der Waals surface area (Å²) in [6.45, 7) is 4.75. The standard InChI is InChI=1S/C20H30N2O/c23-20(22-12-6-1-2-7-13-22)17-21-14-10-19(11-15-21)16-18-8-4-3-5-9-18/h3-5,8-9,19H,1-2,6-7,10-17H2. The molecule has 2 fully saturated rings. The molecule has 1 aromatic carbocycles. The number of piperidine rings is 1. The molecule has 0 unspecified atom stereocenters. The lowest BCUT2D eigenvalue weighted by atomic mass is 9.90. The van der Waals surface area contributed by atoms with E-state index in [2.05, 4.69) is 40.1 Å². The maximum atomic E-state index is 12.5. The van der Waals surface area contributed by atoms with Crippen LogP contribution in [-0.2, 0) is 11.2 Å². The van der Waals surface area contributed by atoms with E-state index >= 15 is 0 Å². The van der Waals surface area contributed by atoms with Crippen LogP contribution in [0.3, 0.4) is 0 Å². The number of nitrogens with zero attached hydrogens (tertiary/aromatic N) is 2. The maximum Gasteiger partial charge on any atom is 0.236 e. The molecular weight excluding hydrogens is 284 g/mol. The average molecular weight is 314 g/mol. The second kappa shape index (κ2) is 8.49. The smallest absolute Gasteiger partial charge is 0.236 e. The predicted octanol–water partition coefficient (Wildman–Crippen LogP) is 3.34. The highest BCUT2D eigenvalue weighted by Crippen LogP contribution is 2.21. The molecule has 3 rings (SSSR count). The first-order chi connectivity index (χ1) is 11.3. The lowest BCUT2D eigenvalue weighted by Crippen LogP contribution is -2.44. The number of benzene rings is 1. The molecule has 0 N–H and O–H groups in total. The molecule has 0 radical (unpaired) electrons. The number of carbonyl (C=O) groups excluding carboxylic acids is 1. The van der Waals surface area contributed by atoms with Gasteiger partial charge in [-0.05, 0) is 56.7 Å². The van der Waals surface area contributed by atoms with Gasteiger partial charge in [0, 0.05) is 13.1 Å². The number of likely N-dealkylation sites (tertiary alicyclic amines) is 2. The molecule has 0 aliphatic carbocycles. The third kappa shape index (κ3) is 5.07. The van der Waals surface area contributed by atoms with Gasteiger partial charge in [0.05, 0.1) is 6.54 Å². The van der Waals surface area contributed by atoms with Crippen LogP contribution in [0.5, 0.6) is 0 Å². The summed E-state index contributed by atoms with van der Waals surface area (Å²) in [5.41, 5.74) is 1.45. The van der Waals surface area contributed by atoms with Gasteiger partial charge in [-0.25, -0.2) is 0 Å². The Labute approximate surface area is 140 Å². The minimum absolute atomic E-state index is 0.355. The van der Waals surface area contributed by atoms with Gasteiger partial charge in [0.1, 0.15) is 0 Å². The van der Waals surface area contributed by atoms with E-state index < -0.39 is 0 Å². The zero-order valence-electron chi connectivity index (χ0n) is 14.3. The normalized spacial score (nSPS) is 21.1. The number of hydrogen-bond donors (Lipinski definition) is 0. The Bertz CT molecular complexity index is 472. The molecule has 3 heteroatoms. The van der Waals surface area contributed by atoms with Crippen molar-refractivity contribution in [1.29, 1.82) is 0 Å². The number of amides is 1. The fourth-order valence-electron chi connectivity index (χ4n) is 3.91. The van der Waals surface area contributed by atoms with Gasteiger partial charge < -0.3 is 4.90 Å². The topological polar surface area (TPSA) is 23.6 Å². The van der Waals surface area contributed by atoms with Crippen LogP contribution in [0.1, 0.15) is 44.1 Å². The van der Waals surface area contributed by atoms with Gasteiger partial charge in [0.15, 0.2) is 0 Å². The fourth-order valence-corrected chi connectivity index (χ4v) is 3.91. The molecule has 0 bridgehead atoms. The Morgan fingerprint density at radius 3 is 2.22 bits per heavy atom. The highest BCUT2D eigenvalue weighted by molar-refractivity contribution is 5.78. The molecule has 23 heavy (non-hydrogen) atoms. The molecule has 1 aromatic rings. The van der Waals surface area contributed by atoms with Gasteiger partial charge >= 0.3 is 0 Å². The van der Waals surface area contributed by atoms with E-state index in [4.69, 9.17) is 0 Å². The van der Waals surface area contributed by atoms with Gasteiger partial charge in [-0.15, -0.1) is 0 Å². The van der Waals surface area contributed by atoms with Crippen molar-refractivity contribution in [1.82, 2.24) is 9.80 Å². The maximum absolute atomic E-state index is 12.5. The molecule has 2 saturated heterocycles. The first-order valence-electron chi connectivity index (χ1n) is 9.35.